The smallest absolute Gasteiger partial charge is 0.229 e. The van der Waals surface area contributed by atoms with Crippen molar-refractivity contribution in [3.8, 4) is 0 Å². The Morgan fingerprint density at radius 1 is 1.33 bits per heavy atom. The minimum Gasteiger partial charge on any atom is -0.284 e. The van der Waals surface area contributed by atoms with Crippen LogP contribution in [0.25, 0.3) is 0 Å². The largest absolute Gasteiger partial charge is 0.284 e. The van der Waals surface area contributed by atoms with E-state index in [0.29, 0.717) is 5.69 Å². The van der Waals surface area contributed by atoms with Gasteiger partial charge in [-0.15, -0.1) is 0 Å². The number of sulfonamides is 1. The molecule has 0 aliphatic rings. The number of anilines is 1. The van der Waals surface area contributed by atoms with E-state index in [4.69, 9.17) is 0 Å². The van der Waals surface area contributed by atoms with E-state index >= 15 is 0 Å². The minimum absolute atomic E-state index is 0.664. The van der Waals surface area contributed by atoms with Crippen LogP contribution in [0.15, 0.2) is 18.2 Å². The molecule has 0 saturated heterocycles. The SMILES string of the molecule is CCCc1ccc(NS(C)(=O)=O)c(C)c1. The number of hydrogen-bond acceptors (Lipinski definition) is 2. The number of aryl methyl sites for hydroxylation is 2. The fraction of sp³-hybridized carbons (Fsp3) is 0.455. The summed E-state index contributed by atoms with van der Waals surface area (Å²) in [6, 6.07) is 5.81. The molecule has 15 heavy (non-hydrogen) atoms. The summed E-state index contributed by atoms with van der Waals surface area (Å²) in [4.78, 5) is 0. The van der Waals surface area contributed by atoms with E-state index in [-0.39, 0.29) is 0 Å². The van der Waals surface area contributed by atoms with Crippen LogP contribution in [-0.2, 0) is 16.4 Å². The van der Waals surface area contributed by atoms with Crippen molar-refractivity contribution in [2.24, 2.45) is 0 Å². The molecule has 0 aliphatic heterocycles. The Kier molecular flexibility index (Phi) is 3.74. The van der Waals surface area contributed by atoms with E-state index in [2.05, 4.69) is 11.6 Å². The topological polar surface area (TPSA) is 46.2 Å². The highest BCUT2D eigenvalue weighted by molar-refractivity contribution is 7.92. The fourth-order valence-corrected chi connectivity index (χ4v) is 2.11. The molecule has 0 fully saturated rings. The second-order valence-corrected chi connectivity index (χ2v) is 5.52. The first-order valence-corrected chi connectivity index (χ1v) is 6.89. The molecule has 0 unspecified atom stereocenters. The molecule has 3 nitrogen and oxygen atoms in total. The fourth-order valence-electron chi connectivity index (χ4n) is 1.48. The van der Waals surface area contributed by atoms with Crippen molar-refractivity contribution in [1.29, 1.82) is 0 Å². The van der Waals surface area contributed by atoms with E-state index in [0.717, 1.165) is 24.7 Å². The summed E-state index contributed by atoms with van der Waals surface area (Å²) in [6.07, 6.45) is 3.28. The molecule has 0 saturated carbocycles. The second kappa shape index (κ2) is 4.66. The maximum atomic E-state index is 11.1. The molecular weight excluding hydrogens is 210 g/mol. The normalized spacial score (nSPS) is 11.4. The van der Waals surface area contributed by atoms with Crippen molar-refractivity contribution in [3.63, 3.8) is 0 Å². The van der Waals surface area contributed by atoms with Crippen LogP contribution >= 0.6 is 0 Å². The summed E-state index contributed by atoms with van der Waals surface area (Å²) in [7, 11) is -3.17. The molecule has 1 rings (SSSR count). The molecule has 0 bridgehead atoms. The zero-order valence-electron chi connectivity index (χ0n) is 9.37. The highest BCUT2D eigenvalue weighted by Gasteiger charge is 2.04. The zero-order valence-corrected chi connectivity index (χ0v) is 10.2. The zero-order chi connectivity index (χ0) is 11.5. The van der Waals surface area contributed by atoms with E-state index in [1.54, 1.807) is 0 Å². The summed E-state index contributed by atoms with van der Waals surface area (Å²) in [5.41, 5.74) is 2.87. The lowest BCUT2D eigenvalue weighted by atomic mass is 10.1. The third-order valence-corrected chi connectivity index (χ3v) is 2.72. The van der Waals surface area contributed by atoms with Gasteiger partial charge >= 0.3 is 0 Å². The van der Waals surface area contributed by atoms with Crippen LogP contribution in [0.3, 0.4) is 0 Å². The summed E-state index contributed by atoms with van der Waals surface area (Å²) in [5.74, 6) is 0. The molecule has 0 amide bonds. The molecule has 1 N–H and O–H groups in total. The number of rotatable bonds is 4. The van der Waals surface area contributed by atoms with Gasteiger partial charge in [-0.3, -0.25) is 4.72 Å². The standard InChI is InChI=1S/C11H17NO2S/c1-4-5-10-6-7-11(9(2)8-10)12-15(3,13)14/h6-8,12H,4-5H2,1-3H3. The van der Waals surface area contributed by atoms with E-state index in [9.17, 15) is 8.42 Å². The Bertz CT molecular complexity index is 438. The second-order valence-electron chi connectivity index (χ2n) is 3.77. The Morgan fingerprint density at radius 2 is 2.00 bits per heavy atom. The number of nitrogens with one attached hydrogen (secondary N) is 1. The van der Waals surface area contributed by atoms with Gasteiger partial charge in [0.15, 0.2) is 0 Å². The molecule has 0 spiro atoms. The van der Waals surface area contributed by atoms with Crippen molar-refractivity contribution < 1.29 is 8.42 Å². The average molecular weight is 227 g/mol. The third kappa shape index (κ3) is 3.91. The van der Waals surface area contributed by atoms with Crippen LogP contribution in [0.4, 0.5) is 5.69 Å². The van der Waals surface area contributed by atoms with Gasteiger partial charge in [-0.25, -0.2) is 8.42 Å². The maximum absolute atomic E-state index is 11.1. The molecular formula is C11H17NO2S. The molecule has 1 aromatic carbocycles. The number of benzene rings is 1. The lowest BCUT2D eigenvalue weighted by molar-refractivity contribution is 0.607. The molecule has 0 radical (unpaired) electrons. The van der Waals surface area contributed by atoms with Gasteiger partial charge in [-0.2, -0.15) is 0 Å². The Labute approximate surface area is 91.6 Å². The van der Waals surface area contributed by atoms with Crippen LogP contribution in [0.5, 0.6) is 0 Å². The van der Waals surface area contributed by atoms with Crippen molar-refractivity contribution in [3.05, 3.63) is 29.3 Å². The lowest BCUT2D eigenvalue weighted by Crippen LogP contribution is -2.10. The summed E-state index contributed by atoms with van der Waals surface area (Å²) < 4.78 is 24.6. The molecule has 0 aliphatic carbocycles. The van der Waals surface area contributed by atoms with Gasteiger partial charge in [-0.1, -0.05) is 25.5 Å². The summed E-state index contributed by atoms with van der Waals surface area (Å²) >= 11 is 0. The van der Waals surface area contributed by atoms with Crippen LogP contribution in [-0.4, -0.2) is 14.7 Å². The van der Waals surface area contributed by atoms with E-state index in [1.165, 1.54) is 5.56 Å². The first kappa shape index (κ1) is 12.0. The summed E-state index contributed by atoms with van der Waals surface area (Å²) in [6.45, 7) is 4.03. The third-order valence-electron chi connectivity index (χ3n) is 2.12. The predicted octanol–water partition coefficient (Wildman–Crippen LogP) is 2.32. The number of hydrogen-bond donors (Lipinski definition) is 1. The first-order valence-electron chi connectivity index (χ1n) is 4.99. The quantitative estimate of drug-likeness (QED) is 0.858. The summed E-state index contributed by atoms with van der Waals surface area (Å²) in [5, 5.41) is 0. The average Bonchev–Trinajstić information content (AvgIpc) is 2.08. The Balaban J connectivity index is 2.93. The van der Waals surface area contributed by atoms with Gasteiger partial charge in [0, 0.05) is 0 Å². The van der Waals surface area contributed by atoms with Crippen LogP contribution in [0.1, 0.15) is 24.5 Å². The lowest BCUT2D eigenvalue weighted by Gasteiger charge is -2.09. The highest BCUT2D eigenvalue weighted by atomic mass is 32.2. The van der Waals surface area contributed by atoms with Crippen molar-refractivity contribution >= 4 is 15.7 Å². The van der Waals surface area contributed by atoms with Crippen molar-refractivity contribution in [2.45, 2.75) is 26.7 Å². The first-order chi connectivity index (χ1) is 6.92. The minimum atomic E-state index is -3.17. The highest BCUT2D eigenvalue weighted by Crippen LogP contribution is 2.18. The molecule has 84 valence electrons. The van der Waals surface area contributed by atoms with Crippen LogP contribution in [0, 0.1) is 6.92 Å². The molecule has 4 heteroatoms. The molecule has 0 atom stereocenters. The van der Waals surface area contributed by atoms with E-state index < -0.39 is 10.0 Å². The van der Waals surface area contributed by atoms with Gasteiger partial charge in [0.25, 0.3) is 0 Å². The molecule has 0 heterocycles. The van der Waals surface area contributed by atoms with Gasteiger partial charge < -0.3 is 0 Å². The van der Waals surface area contributed by atoms with Gasteiger partial charge in [0.2, 0.25) is 10.0 Å². The monoisotopic (exact) mass is 227 g/mol. The van der Waals surface area contributed by atoms with Crippen molar-refractivity contribution in [1.82, 2.24) is 0 Å². The van der Waals surface area contributed by atoms with E-state index in [1.807, 2.05) is 25.1 Å². The van der Waals surface area contributed by atoms with Crippen molar-refractivity contribution in [2.75, 3.05) is 11.0 Å². The van der Waals surface area contributed by atoms with Gasteiger partial charge in [0.05, 0.1) is 11.9 Å². The Morgan fingerprint density at radius 3 is 2.47 bits per heavy atom. The Hall–Kier alpha value is -1.03. The van der Waals surface area contributed by atoms with Gasteiger partial charge in [-0.05, 0) is 30.5 Å². The van der Waals surface area contributed by atoms with Crippen LogP contribution < -0.4 is 4.72 Å². The molecule has 0 aromatic heterocycles. The van der Waals surface area contributed by atoms with Gasteiger partial charge in [0.1, 0.15) is 0 Å². The van der Waals surface area contributed by atoms with Crippen LogP contribution in [0.2, 0.25) is 0 Å². The maximum Gasteiger partial charge on any atom is 0.229 e. The predicted molar refractivity (Wildman–Crippen MR) is 63.6 cm³/mol. The molecule has 1 aromatic rings.